The van der Waals surface area contributed by atoms with E-state index >= 15 is 0 Å². The van der Waals surface area contributed by atoms with E-state index < -0.39 is 18.8 Å². The summed E-state index contributed by atoms with van der Waals surface area (Å²) in [6, 6.07) is 7.17. The highest BCUT2D eigenvalue weighted by molar-refractivity contribution is 5.26. The smallest absolute Gasteiger partial charge is 0.323 e. The Hall–Kier alpha value is -1.07. The molecular weight excluding hydrogens is 277 g/mol. The van der Waals surface area contributed by atoms with Gasteiger partial charge in [-0.3, -0.25) is 4.90 Å². The van der Waals surface area contributed by atoms with Crippen LogP contribution in [-0.4, -0.2) is 30.2 Å². The van der Waals surface area contributed by atoms with Gasteiger partial charge < -0.3 is 5.73 Å². The predicted molar refractivity (Wildman–Crippen MR) is 80.2 cm³/mol. The van der Waals surface area contributed by atoms with E-state index in [1.807, 2.05) is 24.3 Å². The van der Waals surface area contributed by atoms with Gasteiger partial charge in [0.15, 0.2) is 0 Å². The number of rotatable bonds is 6. The van der Waals surface area contributed by atoms with Gasteiger partial charge in [-0.05, 0) is 30.9 Å². The number of halogens is 3. The van der Waals surface area contributed by atoms with E-state index in [0.717, 1.165) is 5.56 Å². The molecule has 0 amide bonds. The van der Waals surface area contributed by atoms with Crippen molar-refractivity contribution < 1.29 is 13.2 Å². The van der Waals surface area contributed by atoms with E-state index in [0.29, 0.717) is 5.92 Å². The molecule has 2 nitrogen and oxygen atoms in total. The van der Waals surface area contributed by atoms with Gasteiger partial charge in [0.05, 0.1) is 6.54 Å². The van der Waals surface area contributed by atoms with E-state index in [-0.39, 0.29) is 12.6 Å². The summed E-state index contributed by atoms with van der Waals surface area (Å²) < 4.78 is 37.7. The molecule has 1 aromatic carbocycles. The number of nitrogens with two attached hydrogens (primary N) is 1. The van der Waals surface area contributed by atoms with Crippen LogP contribution in [-0.2, 0) is 0 Å². The quantitative estimate of drug-likeness (QED) is 0.858. The van der Waals surface area contributed by atoms with Crippen LogP contribution in [0.4, 0.5) is 13.2 Å². The molecule has 0 heterocycles. The molecule has 0 aromatic heterocycles. The molecule has 0 bridgehead atoms. The van der Waals surface area contributed by atoms with Crippen LogP contribution in [0.3, 0.4) is 0 Å². The topological polar surface area (TPSA) is 29.3 Å². The zero-order valence-corrected chi connectivity index (χ0v) is 13.1. The first-order chi connectivity index (χ1) is 9.60. The number of hydrogen-bond donors (Lipinski definition) is 1. The summed E-state index contributed by atoms with van der Waals surface area (Å²) in [6.45, 7) is 6.96. The fraction of sp³-hybridized carbons (Fsp3) is 0.625. The summed E-state index contributed by atoms with van der Waals surface area (Å²) >= 11 is 0. The van der Waals surface area contributed by atoms with Gasteiger partial charge in [-0.25, -0.2) is 0 Å². The highest BCUT2D eigenvalue weighted by Crippen LogP contribution is 2.22. The second-order valence-electron chi connectivity index (χ2n) is 6.07. The summed E-state index contributed by atoms with van der Waals surface area (Å²) in [7, 11) is 0. The Morgan fingerprint density at radius 1 is 1.00 bits per heavy atom. The number of benzene rings is 1. The van der Waals surface area contributed by atoms with Gasteiger partial charge in [0.1, 0.15) is 0 Å². The summed E-state index contributed by atoms with van der Waals surface area (Å²) in [5, 5.41) is 0. The fourth-order valence-electron chi connectivity index (χ4n) is 2.17. The highest BCUT2D eigenvalue weighted by Gasteiger charge is 2.32. The van der Waals surface area contributed by atoms with Gasteiger partial charge in [0.2, 0.25) is 0 Å². The Labute approximate surface area is 125 Å². The van der Waals surface area contributed by atoms with Crippen LogP contribution in [0.2, 0.25) is 0 Å². The third-order valence-electron chi connectivity index (χ3n) is 3.58. The first-order valence-corrected chi connectivity index (χ1v) is 7.26. The van der Waals surface area contributed by atoms with Crippen molar-refractivity contribution in [2.24, 2.45) is 5.73 Å². The molecule has 0 spiro atoms. The Balaban J connectivity index is 2.75. The van der Waals surface area contributed by atoms with E-state index in [9.17, 15) is 13.2 Å². The molecule has 0 aliphatic heterocycles. The monoisotopic (exact) mass is 302 g/mol. The molecule has 2 N–H and O–H groups in total. The number of nitrogens with zero attached hydrogens (tertiary/aromatic N) is 1. The van der Waals surface area contributed by atoms with Crippen LogP contribution in [0, 0.1) is 0 Å². The van der Waals surface area contributed by atoms with Gasteiger partial charge in [-0.1, -0.05) is 38.1 Å². The summed E-state index contributed by atoms with van der Waals surface area (Å²) in [5.74, 6) is 0.424. The first-order valence-electron chi connectivity index (χ1n) is 7.26. The Kier molecular flexibility index (Phi) is 6.23. The zero-order valence-electron chi connectivity index (χ0n) is 13.1. The molecule has 1 aromatic rings. The Morgan fingerprint density at radius 3 is 1.86 bits per heavy atom. The van der Waals surface area contributed by atoms with Gasteiger partial charge in [0.25, 0.3) is 0 Å². The molecular formula is C16H25F3N2. The average molecular weight is 302 g/mol. The zero-order chi connectivity index (χ0) is 16.2. The minimum absolute atomic E-state index is 0.193. The van der Waals surface area contributed by atoms with Crippen LogP contribution < -0.4 is 5.73 Å². The summed E-state index contributed by atoms with van der Waals surface area (Å²) in [5.41, 5.74) is 8.13. The first kappa shape index (κ1) is 18.0. The number of alkyl halides is 3. The van der Waals surface area contributed by atoms with Crippen molar-refractivity contribution >= 4 is 0 Å². The van der Waals surface area contributed by atoms with Gasteiger partial charge in [0, 0.05) is 18.6 Å². The van der Waals surface area contributed by atoms with Crippen molar-refractivity contribution in [3.05, 3.63) is 35.4 Å². The normalized spacial score (nSPS) is 14.2. The lowest BCUT2D eigenvalue weighted by Crippen LogP contribution is -2.42. The molecule has 5 heteroatoms. The molecule has 0 saturated carbocycles. The predicted octanol–water partition coefficient (Wildman–Crippen LogP) is 4.08. The minimum atomic E-state index is -4.20. The average Bonchev–Trinajstić information content (AvgIpc) is 2.36. The molecule has 0 aliphatic carbocycles. The third-order valence-corrected chi connectivity index (χ3v) is 3.58. The van der Waals surface area contributed by atoms with Gasteiger partial charge in [-0.15, -0.1) is 0 Å². The molecule has 0 saturated heterocycles. The van der Waals surface area contributed by atoms with Crippen molar-refractivity contribution in [2.75, 3.05) is 13.1 Å². The van der Waals surface area contributed by atoms with Crippen LogP contribution in [0.5, 0.6) is 0 Å². The molecule has 1 rings (SSSR count). The van der Waals surface area contributed by atoms with E-state index in [2.05, 4.69) is 13.8 Å². The fourth-order valence-corrected chi connectivity index (χ4v) is 2.17. The van der Waals surface area contributed by atoms with Crippen molar-refractivity contribution in [3.63, 3.8) is 0 Å². The van der Waals surface area contributed by atoms with E-state index in [1.165, 1.54) is 10.5 Å². The molecule has 1 unspecified atom stereocenters. The Bertz CT molecular complexity index is 424. The lowest BCUT2D eigenvalue weighted by molar-refractivity contribution is -0.150. The van der Waals surface area contributed by atoms with E-state index in [1.54, 1.807) is 13.8 Å². The standard InChI is InChI=1S/C16H25F3N2/c1-11(2)13-5-7-14(8-6-13)15(20)9-21(12(3)4)10-16(17,18)19/h5-8,11-12,15H,9-10,20H2,1-4H3. The van der Waals surface area contributed by atoms with Crippen LogP contribution in [0.15, 0.2) is 24.3 Å². The molecule has 0 radical (unpaired) electrons. The molecule has 21 heavy (non-hydrogen) atoms. The highest BCUT2D eigenvalue weighted by atomic mass is 19.4. The van der Waals surface area contributed by atoms with Crippen LogP contribution in [0.1, 0.15) is 50.8 Å². The van der Waals surface area contributed by atoms with Crippen LogP contribution >= 0.6 is 0 Å². The molecule has 120 valence electrons. The van der Waals surface area contributed by atoms with Gasteiger partial charge >= 0.3 is 6.18 Å². The maximum atomic E-state index is 12.6. The van der Waals surface area contributed by atoms with Crippen LogP contribution in [0.25, 0.3) is 0 Å². The van der Waals surface area contributed by atoms with Crippen molar-refractivity contribution in [3.8, 4) is 0 Å². The number of hydrogen-bond acceptors (Lipinski definition) is 2. The molecule has 1 atom stereocenters. The summed E-state index contributed by atoms with van der Waals surface area (Å²) in [6.07, 6.45) is -4.20. The summed E-state index contributed by atoms with van der Waals surface area (Å²) in [4.78, 5) is 1.36. The Morgan fingerprint density at radius 2 is 1.48 bits per heavy atom. The molecule has 0 fully saturated rings. The van der Waals surface area contributed by atoms with Gasteiger partial charge in [-0.2, -0.15) is 13.2 Å². The minimum Gasteiger partial charge on any atom is -0.323 e. The van der Waals surface area contributed by atoms with E-state index in [4.69, 9.17) is 5.73 Å². The third kappa shape index (κ3) is 6.06. The van der Waals surface area contributed by atoms with Crippen molar-refractivity contribution in [1.82, 2.24) is 4.90 Å². The second-order valence-corrected chi connectivity index (χ2v) is 6.07. The lowest BCUT2D eigenvalue weighted by Gasteiger charge is -2.30. The lowest BCUT2D eigenvalue weighted by atomic mass is 9.99. The molecule has 0 aliphatic rings. The SMILES string of the molecule is CC(C)c1ccc(C(N)CN(CC(F)(F)F)C(C)C)cc1. The maximum Gasteiger partial charge on any atom is 0.401 e. The van der Waals surface area contributed by atoms with Crippen molar-refractivity contribution in [1.29, 1.82) is 0 Å². The second kappa shape index (κ2) is 7.27. The van der Waals surface area contributed by atoms with Crippen molar-refractivity contribution in [2.45, 2.75) is 51.9 Å². The largest absolute Gasteiger partial charge is 0.401 e. The maximum absolute atomic E-state index is 12.6.